The first-order chi connectivity index (χ1) is 11.2. The Labute approximate surface area is 149 Å². The number of ether oxygens (including phenoxy) is 1. The number of rotatable bonds is 2. The van der Waals surface area contributed by atoms with E-state index in [-0.39, 0.29) is 18.4 Å². The molecule has 5 aliphatic heterocycles. The van der Waals surface area contributed by atoms with Crippen LogP contribution in [0.3, 0.4) is 0 Å². The van der Waals surface area contributed by atoms with Gasteiger partial charge in [0.05, 0.1) is 12.6 Å². The molecule has 130 valence electrons. The Hall–Kier alpha value is -1.07. The van der Waals surface area contributed by atoms with Crippen molar-refractivity contribution in [1.82, 2.24) is 4.90 Å². The van der Waals surface area contributed by atoms with Gasteiger partial charge >= 0.3 is 0 Å². The van der Waals surface area contributed by atoms with Crippen LogP contribution in [0.25, 0.3) is 0 Å². The van der Waals surface area contributed by atoms with Crippen LogP contribution in [0.15, 0.2) is 36.9 Å². The SMILES string of the molecule is C=C[C@H]1CN2CC[C@H]1C[C@H]2[C@@]12Nc3ccccc3[C@]1(O)CCO2.Cl. The number of hydrogen-bond donors (Lipinski definition) is 2. The van der Waals surface area contributed by atoms with E-state index in [2.05, 4.69) is 28.9 Å². The van der Waals surface area contributed by atoms with Crippen LogP contribution in [0, 0.1) is 11.8 Å². The van der Waals surface area contributed by atoms with Gasteiger partial charge in [0.25, 0.3) is 0 Å². The standard InChI is InChI=1S/C19H24N2O2.ClH/c1-2-13-12-21-9-7-14(13)11-17(21)19-18(22,8-10-23-19)15-5-3-4-6-16(15)20-19;/h2-6,13-14,17,20,22H,1,7-12H2;1H/t13-,14-,17-,18+,19-;/m0./s1. The number of hydrogen-bond acceptors (Lipinski definition) is 4. The van der Waals surface area contributed by atoms with Crippen molar-refractivity contribution in [2.45, 2.75) is 36.6 Å². The molecule has 6 rings (SSSR count). The van der Waals surface area contributed by atoms with Gasteiger partial charge in [0.2, 0.25) is 0 Å². The molecule has 24 heavy (non-hydrogen) atoms. The number of anilines is 1. The highest BCUT2D eigenvalue weighted by atomic mass is 35.5. The van der Waals surface area contributed by atoms with Crippen molar-refractivity contribution in [2.24, 2.45) is 11.8 Å². The minimum Gasteiger partial charge on any atom is -0.380 e. The van der Waals surface area contributed by atoms with Crippen LogP contribution in [0.4, 0.5) is 5.69 Å². The fraction of sp³-hybridized carbons (Fsp3) is 0.579. The maximum Gasteiger partial charge on any atom is 0.187 e. The van der Waals surface area contributed by atoms with Crippen molar-refractivity contribution in [3.8, 4) is 0 Å². The summed E-state index contributed by atoms with van der Waals surface area (Å²) >= 11 is 0. The number of halogens is 1. The van der Waals surface area contributed by atoms with Gasteiger partial charge in [0.1, 0.15) is 5.60 Å². The summed E-state index contributed by atoms with van der Waals surface area (Å²) in [4.78, 5) is 2.52. The van der Waals surface area contributed by atoms with Crippen LogP contribution >= 0.6 is 12.4 Å². The Morgan fingerprint density at radius 3 is 2.96 bits per heavy atom. The van der Waals surface area contributed by atoms with Gasteiger partial charge in [0, 0.05) is 24.2 Å². The Morgan fingerprint density at radius 1 is 1.38 bits per heavy atom. The number of benzene rings is 1. The highest BCUT2D eigenvalue weighted by Crippen LogP contribution is 2.57. The molecular weight excluding hydrogens is 324 g/mol. The van der Waals surface area contributed by atoms with Gasteiger partial charge in [-0.05, 0) is 37.3 Å². The lowest BCUT2D eigenvalue weighted by atomic mass is 9.70. The van der Waals surface area contributed by atoms with Gasteiger partial charge in [-0.2, -0.15) is 0 Å². The summed E-state index contributed by atoms with van der Waals surface area (Å²) in [6.07, 6.45) is 5.08. The number of nitrogens with zero attached hydrogens (tertiary/aromatic N) is 1. The zero-order valence-electron chi connectivity index (χ0n) is 13.8. The molecule has 4 nitrogen and oxygen atoms in total. The molecule has 5 heterocycles. The summed E-state index contributed by atoms with van der Waals surface area (Å²) in [6.45, 7) is 6.76. The fourth-order valence-electron chi connectivity index (χ4n) is 5.51. The maximum atomic E-state index is 11.6. The third-order valence-electron chi connectivity index (χ3n) is 6.68. The lowest BCUT2D eigenvalue weighted by Gasteiger charge is -2.55. The Bertz CT molecular complexity index is 669. The third-order valence-corrected chi connectivity index (χ3v) is 6.68. The van der Waals surface area contributed by atoms with Crippen LogP contribution in [-0.4, -0.2) is 41.5 Å². The van der Waals surface area contributed by atoms with Crippen LogP contribution in [0.2, 0.25) is 0 Å². The minimum atomic E-state index is -0.921. The fourth-order valence-corrected chi connectivity index (χ4v) is 5.51. The van der Waals surface area contributed by atoms with Crippen molar-refractivity contribution >= 4 is 18.1 Å². The van der Waals surface area contributed by atoms with Crippen LogP contribution in [0.1, 0.15) is 24.8 Å². The molecule has 5 heteroatoms. The van der Waals surface area contributed by atoms with Crippen LogP contribution in [-0.2, 0) is 10.3 Å². The van der Waals surface area contributed by atoms with E-state index < -0.39 is 11.3 Å². The number of fused-ring (bicyclic) bond motifs is 7. The van der Waals surface area contributed by atoms with Gasteiger partial charge in [-0.15, -0.1) is 19.0 Å². The van der Waals surface area contributed by atoms with Crippen molar-refractivity contribution in [1.29, 1.82) is 0 Å². The number of piperidine rings is 3. The van der Waals surface area contributed by atoms with Gasteiger partial charge in [-0.1, -0.05) is 24.3 Å². The van der Waals surface area contributed by atoms with E-state index in [0.29, 0.717) is 24.9 Å². The Balaban J connectivity index is 0.00000146. The summed E-state index contributed by atoms with van der Waals surface area (Å²) in [5.41, 5.74) is 0.412. The summed E-state index contributed by atoms with van der Waals surface area (Å²) in [5.74, 6) is 1.24. The molecule has 4 fully saturated rings. The van der Waals surface area contributed by atoms with E-state index in [0.717, 1.165) is 30.8 Å². The Kier molecular flexibility index (Phi) is 3.73. The average Bonchev–Trinajstić information content (AvgIpc) is 3.05. The lowest BCUT2D eigenvalue weighted by Crippen LogP contribution is -2.68. The highest BCUT2D eigenvalue weighted by molar-refractivity contribution is 5.85. The molecule has 0 spiro atoms. The molecule has 0 aromatic heterocycles. The van der Waals surface area contributed by atoms with Crippen molar-refractivity contribution in [3.63, 3.8) is 0 Å². The first-order valence-electron chi connectivity index (χ1n) is 8.78. The second kappa shape index (κ2) is 5.46. The van der Waals surface area contributed by atoms with Gasteiger partial charge in [-0.25, -0.2) is 0 Å². The van der Waals surface area contributed by atoms with E-state index >= 15 is 0 Å². The topological polar surface area (TPSA) is 44.7 Å². The predicted octanol–water partition coefficient (Wildman–Crippen LogP) is 2.73. The normalized spacial score (nSPS) is 45.0. The average molecular weight is 349 g/mol. The number of para-hydroxylation sites is 1. The first kappa shape index (κ1) is 16.4. The second-order valence-electron chi connectivity index (χ2n) is 7.56. The van der Waals surface area contributed by atoms with Crippen molar-refractivity contribution in [3.05, 3.63) is 42.5 Å². The van der Waals surface area contributed by atoms with Crippen LogP contribution < -0.4 is 5.32 Å². The van der Waals surface area contributed by atoms with E-state index in [1.54, 1.807) is 0 Å². The molecule has 1 unspecified atom stereocenters. The summed E-state index contributed by atoms with van der Waals surface area (Å²) in [7, 11) is 0. The molecule has 0 amide bonds. The maximum absolute atomic E-state index is 11.6. The van der Waals surface area contributed by atoms with Crippen molar-refractivity contribution < 1.29 is 9.84 Å². The summed E-state index contributed by atoms with van der Waals surface area (Å²) < 4.78 is 6.28. The molecule has 4 saturated heterocycles. The van der Waals surface area contributed by atoms with E-state index in [9.17, 15) is 5.11 Å². The molecule has 1 aromatic carbocycles. The molecule has 0 radical (unpaired) electrons. The first-order valence-corrected chi connectivity index (χ1v) is 8.78. The molecule has 5 aliphatic rings. The molecule has 6 atom stereocenters. The molecule has 1 aromatic rings. The van der Waals surface area contributed by atoms with Crippen molar-refractivity contribution in [2.75, 3.05) is 25.0 Å². The second-order valence-corrected chi connectivity index (χ2v) is 7.56. The minimum absolute atomic E-state index is 0. The quantitative estimate of drug-likeness (QED) is 0.807. The van der Waals surface area contributed by atoms with E-state index in [1.165, 1.54) is 6.42 Å². The molecule has 0 aliphatic carbocycles. The van der Waals surface area contributed by atoms with Gasteiger partial charge in [-0.3, -0.25) is 4.90 Å². The molecule has 2 N–H and O–H groups in total. The Morgan fingerprint density at radius 2 is 2.21 bits per heavy atom. The van der Waals surface area contributed by atoms with Crippen LogP contribution in [0.5, 0.6) is 0 Å². The summed E-state index contributed by atoms with van der Waals surface area (Å²) in [6, 6.07) is 8.35. The van der Waals surface area contributed by atoms with E-state index in [4.69, 9.17) is 4.74 Å². The molecule has 2 bridgehead atoms. The van der Waals surface area contributed by atoms with Gasteiger partial charge < -0.3 is 15.2 Å². The number of aliphatic hydroxyl groups is 1. The number of nitrogens with one attached hydrogen (secondary N) is 1. The monoisotopic (exact) mass is 348 g/mol. The predicted molar refractivity (Wildman–Crippen MR) is 96.3 cm³/mol. The van der Waals surface area contributed by atoms with Gasteiger partial charge in [0.15, 0.2) is 5.72 Å². The van der Waals surface area contributed by atoms with E-state index in [1.807, 2.05) is 18.2 Å². The third kappa shape index (κ3) is 1.86. The molecule has 0 saturated carbocycles. The summed E-state index contributed by atoms with van der Waals surface area (Å²) in [5, 5.41) is 15.2. The zero-order valence-corrected chi connectivity index (χ0v) is 14.6. The smallest absolute Gasteiger partial charge is 0.187 e. The largest absolute Gasteiger partial charge is 0.380 e. The molecular formula is C19H25ClN2O2. The highest BCUT2D eigenvalue weighted by Gasteiger charge is 2.67. The lowest BCUT2D eigenvalue weighted by molar-refractivity contribution is -0.168. The zero-order chi connectivity index (χ0) is 15.7.